The van der Waals surface area contributed by atoms with Gasteiger partial charge in [0.15, 0.2) is 5.96 Å². The molecule has 1 saturated heterocycles. The van der Waals surface area contributed by atoms with Crippen molar-refractivity contribution >= 4 is 59.1 Å². The summed E-state index contributed by atoms with van der Waals surface area (Å²) in [5, 5.41) is 32.3. The van der Waals surface area contributed by atoms with Crippen LogP contribution in [-0.2, 0) is 49.7 Å². The van der Waals surface area contributed by atoms with Crippen molar-refractivity contribution in [3.05, 3.63) is 29.6 Å². The average molecular weight is 1060 g/mol. The molecule has 1 aromatic rings. The lowest BCUT2D eigenvalue weighted by molar-refractivity contribution is -0.142. The third kappa shape index (κ3) is 21.8. The van der Waals surface area contributed by atoms with Gasteiger partial charge in [0, 0.05) is 38.1 Å². The van der Waals surface area contributed by atoms with E-state index in [1.165, 1.54) is 11.8 Å². The lowest BCUT2D eigenvalue weighted by Crippen LogP contribution is -2.63. The second-order valence-electron chi connectivity index (χ2n) is 20.0. The molecule has 0 spiro atoms. The van der Waals surface area contributed by atoms with E-state index in [9.17, 15) is 48.3 Å². The number of amides is 9. The number of carbonyl (C=O) groups excluding carboxylic acids is 9. The van der Waals surface area contributed by atoms with Crippen molar-refractivity contribution in [2.24, 2.45) is 34.2 Å². The third-order valence-electron chi connectivity index (χ3n) is 13.2. The van der Waals surface area contributed by atoms with Crippen molar-refractivity contribution in [2.45, 2.75) is 176 Å². The number of aliphatic imine (C=N–C) groups is 1. The highest BCUT2D eigenvalue weighted by Crippen LogP contribution is 2.21. The van der Waals surface area contributed by atoms with Crippen molar-refractivity contribution in [3.63, 3.8) is 0 Å². The number of likely N-dealkylation sites (tertiary alicyclic amines) is 1. The summed E-state index contributed by atoms with van der Waals surface area (Å²) in [6, 6.07) is -4.45. The van der Waals surface area contributed by atoms with Gasteiger partial charge in [0.2, 0.25) is 53.2 Å². The lowest BCUT2D eigenvalue weighted by Gasteiger charge is -2.32. The second kappa shape index (κ2) is 32.8. The van der Waals surface area contributed by atoms with E-state index in [1.807, 2.05) is 26.0 Å². The Morgan fingerprint density at radius 3 is 1.87 bits per heavy atom. The number of carbonyl (C=O) groups is 9. The zero-order valence-electron chi connectivity index (χ0n) is 46.0. The summed E-state index contributed by atoms with van der Waals surface area (Å²) in [5.41, 5.74) is 12.8. The van der Waals surface area contributed by atoms with E-state index in [1.54, 1.807) is 66.6 Å². The predicted molar refractivity (Wildman–Crippen MR) is 284 cm³/mol. The van der Waals surface area contributed by atoms with Crippen LogP contribution < -0.4 is 54.0 Å². The minimum Gasteiger partial charge on any atom is -0.391 e. The highest BCUT2D eigenvalue weighted by Gasteiger charge is 2.40. The molecule has 13 N–H and O–H groups in total. The van der Waals surface area contributed by atoms with Crippen molar-refractivity contribution in [3.8, 4) is 0 Å². The van der Waals surface area contributed by atoms with Crippen LogP contribution in [0.2, 0.25) is 0 Å². The summed E-state index contributed by atoms with van der Waals surface area (Å²) < 4.78 is 0. The van der Waals surface area contributed by atoms with Gasteiger partial charge in [-0.25, -0.2) is 0 Å². The van der Waals surface area contributed by atoms with Gasteiger partial charge < -0.3 is 64.0 Å². The maximum Gasteiger partial charge on any atom is 0.245 e. The van der Waals surface area contributed by atoms with Crippen LogP contribution in [0.15, 0.2) is 23.3 Å². The number of aliphatic hydroxyl groups is 1. The van der Waals surface area contributed by atoms with E-state index in [-0.39, 0.29) is 37.8 Å². The Morgan fingerprint density at radius 1 is 0.747 bits per heavy atom. The molecule has 1 aliphatic rings. The molecule has 0 unspecified atom stereocenters. The van der Waals surface area contributed by atoms with Crippen LogP contribution in [0, 0.1) is 24.7 Å². The van der Waals surface area contributed by atoms with Gasteiger partial charge in [-0.05, 0) is 89.3 Å². The molecule has 24 nitrogen and oxygen atoms in total. The number of hydrogen-bond donors (Lipinski definition) is 11. The van der Waals surface area contributed by atoms with E-state index < -0.39 is 120 Å². The molecular weight excluding hydrogens is 969 g/mol. The Hall–Kier alpha value is -6.43. The molecule has 0 aliphatic carbocycles. The molecule has 24 heteroatoms. The van der Waals surface area contributed by atoms with Crippen LogP contribution in [0.1, 0.15) is 125 Å². The molecule has 10 atom stereocenters. The largest absolute Gasteiger partial charge is 0.391 e. The first kappa shape index (κ1) is 64.7. The zero-order valence-corrected chi connectivity index (χ0v) is 46.0. The molecule has 1 aliphatic heterocycles. The summed E-state index contributed by atoms with van der Waals surface area (Å²) >= 11 is 0. The van der Waals surface area contributed by atoms with Crippen molar-refractivity contribution in [1.29, 1.82) is 0 Å². The highest BCUT2D eigenvalue weighted by molar-refractivity contribution is 5.98. The first-order chi connectivity index (χ1) is 35.4. The predicted octanol–water partition coefficient (Wildman–Crippen LogP) is -1.04. The van der Waals surface area contributed by atoms with Gasteiger partial charge in [-0.1, -0.05) is 73.8 Å². The number of nitrogens with zero attached hydrogens (tertiary/aromatic N) is 4. The normalized spacial score (nSPS) is 16.9. The Labute approximate surface area is 442 Å². The van der Waals surface area contributed by atoms with Crippen LogP contribution >= 0.6 is 0 Å². The Kier molecular flexibility index (Phi) is 28.3. The van der Waals surface area contributed by atoms with Crippen LogP contribution in [0.25, 0.3) is 0 Å². The topological polar surface area (TPSA) is 354 Å². The molecule has 9 amide bonds. The number of hydrogen-bond acceptors (Lipinski definition) is 13. The number of nitrogens with two attached hydrogens (primary N) is 2. The van der Waals surface area contributed by atoms with Crippen molar-refractivity contribution in [2.75, 3.05) is 39.8 Å². The van der Waals surface area contributed by atoms with Gasteiger partial charge in [0.25, 0.3) is 0 Å². The number of aliphatic hydroxyl groups excluding tert-OH is 1. The van der Waals surface area contributed by atoms with Crippen molar-refractivity contribution in [1.82, 2.24) is 57.3 Å². The van der Waals surface area contributed by atoms with E-state index in [0.717, 1.165) is 11.3 Å². The van der Waals surface area contributed by atoms with Gasteiger partial charge in [-0.2, -0.15) is 0 Å². The highest BCUT2D eigenvalue weighted by atomic mass is 16.3. The molecule has 0 aromatic carbocycles. The van der Waals surface area contributed by atoms with Crippen LogP contribution in [0.5, 0.6) is 0 Å². The number of likely N-dealkylation sites (N-methyl/N-ethyl adjacent to an activating group) is 2. The Balaban J connectivity index is 2.22. The van der Waals surface area contributed by atoms with E-state index in [2.05, 4.69) is 52.5 Å². The molecular formula is C51H88N14O10. The van der Waals surface area contributed by atoms with Gasteiger partial charge in [-0.15, -0.1) is 0 Å². The third-order valence-corrected chi connectivity index (χ3v) is 13.2. The fourth-order valence-corrected chi connectivity index (χ4v) is 8.38. The minimum atomic E-state index is -1.61. The fourth-order valence-electron chi connectivity index (χ4n) is 8.38. The Morgan fingerprint density at radius 2 is 1.32 bits per heavy atom. The van der Waals surface area contributed by atoms with E-state index >= 15 is 0 Å². The maximum absolute atomic E-state index is 14.2. The summed E-state index contributed by atoms with van der Waals surface area (Å²) in [4.78, 5) is 134. The number of rotatable bonds is 32. The molecule has 422 valence electrons. The smallest absolute Gasteiger partial charge is 0.245 e. The molecule has 75 heavy (non-hydrogen) atoms. The molecule has 0 saturated carbocycles. The standard InChI is InChI=1S/C51H88N14O10/c1-12-18-35(44(69)61-41(30(7)13-2)47(72)59-36(19-16-23-55-51(52)53)50(75)65-24-17-20-37(65)45(70)54-15-4)58-49(74)43(33(10)66)63-48(73)42(31(8)14-3)62-46(71)40(29(5)6)60-38(67)26-57-39(68)28-64(11)27-34-22-21-32(9)56-25-34/h21-22,25,29-31,33,35-37,40-43,66H,12-20,23-24,26-28H2,1-11H3,(H,54,70)(H,57,68)(H,58,74)(H,59,72)(H,60,67)(H,61,69)(H,62,71)(H,63,73)(H4,52,53,55)/t30-,31-,33+,35-,36-,37-,40-,41-,42+,43-/m0/s1. The van der Waals surface area contributed by atoms with Crippen LogP contribution in [-0.4, -0.2) is 167 Å². The first-order valence-corrected chi connectivity index (χ1v) is 26.4. The van der Waals surface area contributed by atoms with Crippen LogP contribution in [0.3, 0.4) is 0 Å². The number of aryl methyl sites for hydroxylation is 1. The van der Waals surface area contributed by atoms with Gasteiger partial charge in [0.05, 0.1) is 19.2 Å². The van der Waals surface area contributed by atoms with E-state index in [0.29, 0.717) is 58.2 Å². The fraction of sp³-hybridized carbons (Fsp3) is 0.706. The summed E-state index contributed by atoms with van der Waals surface area (Å²) in [5.74, 6) is -7.23. The number of nitrogens with one attached hydrogen (secondary N) is 8. The number of aromatic nitrogens is 1. The van der Waals surface area contributed by atoms with Crippen LogP contribution in [0.4, 0.5) is 0 Å². The van der Waals surface area contributed by atoms with Gasteiger partial charge >= 0.3 is 0 Å². The molecule has 0 bridgehead atoms. The van der Waals surface area contributed by atoms with Gasteiger partial charge in [0.1, 0.15) is 42.3 Å². The average Bonchev–Trinajstić information content (AvgIpc) is 3.86. The molecule has 2 heterocycles. The number of guanidine groups is 1. The molecule has 1 fully saturated rings. The molecule has 2 rings (SSSR count). The minimum absolute atomic E-state index is 0.00459. The SMILES string of the molecule is CCC[C@H](NC(=O)[C@@H](NC(=O)[C@H](NC(=O)[C@@H](NC(=O)CNC(=O)CN(C)Cc1ccc(C)nc1)C(C)C)[C@@H](C)CC)[C@@H](C)O)C(=O)N[C@H](C(=O)N[C@@H](CCCN=C(N)N)C(=O)N1CCC[C@H]1C(=O)NCC)[C@@H](C)CC. The summed E-state index contributed by atoms with van der Waals surface area (Å²) in [6.45, 7) is 18.0. The second-order valence-corrected chi connectivity index (χ2v) is 20.0. The number of pyridine rings is 1. The monoisotopic (exact) mass is 1060 g/mol. The van der Waals surface area contributed by atoms with Gasteiger partial charge in [-0.3, -0.25) is 58.0 Å². The zero-order chi connectivity index (χ0) is 56.5. The summed E-state index contributed by atoms with van der Waals surface area (Å²) in [6.07, 6.45) is 3.01. The quantitative estimate of drug-likeness (QED) is 0.0233. The van der Waals surface area contributed by atoms with E-state index in [4.69, 9.17) is 11.5 Å². The van der Waals surface area contributed by atoms with Crippen molar-refractivity contribution < 1.29 is 48.3 Å². The Bertz CT molecular complexity index is 2090. The summed E-state index contributed by atoms with van der Waals surface area (Å²) in [7, 11) is 1.75. The molecule has 0 radical (unpaired) electrons. The maximum atomic E-state index is 14.2. The first-order valence-electron chi connectivity index (χ1n) is 26.4. The molecule has 1 aromatic heterocycles. The lowest BCUT2D eigenvalue weighted by atomic mass is 9.95.